The van der Waals surface area contributed by atoms with Gasteiger partial charge in [-0.2, -0.15) is 0 Å². The SMILES string of the molecule is CON=C1CCN(CCC(CSc2ccccc2)Nc2ccc(S(=O)(=O)Nc3ncnc4cc(N5CCN(Cc6cc(Cl)ccc6-c6ccccc6)CC5)ccc34)cc2[N+](=O)[O-])CC1. The number of sulfonamides is 1. The smallest absolute Gasteiger partial charge is 0.293 e. The molecule has 8 rings (SSSR count). The predicted molar refractivity (Wildman–Crippen MR) is 257 cm³/mol. The van der Waals surface area contributed by atoms with Gasteiger partial charge < -0.3 is 20.0 Å². The highest BCUT2D eigenvalue weighted by atomic mass is 35.5. The third-order valence-corrected chi connectivity index (χ3v) is 14.4. The molecule has 3 heterocycles. The van der Waals surface area contributed by atoms with E-state index in [0.29, 0.717) is 28.1 Å². The molecule has 0 spiro atoms. The number of hydrogen-bond acceptors (Lipinski definition) is 13. The topological polar surface area (TPSA) is 158 Å². The molecule has 1 aromatic heterocycles. The average Bonchev–Trinajstić information content (AvgIpc) is 3.31. The van der Waals surface area contributed by atoms with Gasteiger partial charge >= 0.3 is 0 Å². The lowest BCUT2D eigenvalue weighted by Gasteiger charge is -2.36. The highest BCUT2D eigenvalue weighted by Gasteiger charge is 2.26. The summed E-state index contributed by atoms with van der Waals surface area (Å²) in [6, 6.07) is 35.9. The summed E-state index contributed by atoms with van der Waals surface area (Å²) in [5.74, 6) is 0.726. The first kappa shape index (κ1) is 44.8. The zero-order valence-electron chi connectivity index (χ0n) is 35.5. The summed E-state index contributed by atoms with van der Waals surface area (Å²) in [6.07, 6.45) is 3.69. The van der Waals surface area contributed by atoms with Crippen LogP contribution >= 0.6 is 23.4 Å². The van der Waals surface area contributed by atoms with Crippen LogP contribution in [0.25, 0.3) is 22.0 Å². The molecule has 17 heteroatoms. The maximum Gasteiger partial charge on any atom is 0.293 e. The van der Waals surface area contributed by atoms with Crippen LogP contribution in [0.4, 0.5) is 22.9 Å². The van der Waals surface area contributed by atoms with Gasteiger partial charge in [0.2, 0.25) is 0 Å². The van der Waals surface area contributed by atoms with E-state index >= 15 is 0 Å². The summed E-state index contributed by atoms with van der Waals surface area (Å²) in [5, 5.41) is 21.2. The van der Waals surface area contributed by atoms with Crippen LogP contribution in [0.2, 0.25) is 5.02 Å². The second-order valence-corrected chi connectivity index (χ2v) is 19.0. The largest absolute Gasteiger partial charge is 0.399 e. The number of likely N-dealkylation sites (tertiary alicyclic amines) is 1. The van der Waals surface area contributed by atoms with Crippen molar-refractivity contribution in [3.05, 3.63) is 142 Å². The molecule has 2 aliphatic heterocycles. The van der Waals surface area contributed by atoms with Crippen molar-refractivity contribution in [2.75, 3.05) is 73.6 Å². The van der Waals surface area contributed by atoms with Gasteiger partial charge in [-0.25, -0.2) is 18.4 Å². The van der Waals surface area contributed by atoms with Gasteiger partial charge in [0.05, 0.1) is 21.0 Å². The summed E-state index contributed by atoms with van der Waals surface area (Å²) in [6.45, 7) is 6.52. The Bertz CT molecular complexity index is 2700. The van der Waals surface area contributed by atoms with Crippen molar-refractivity contribution < 1.29 is 18.2 Å². The molecule has 1 unspecified atom stereocenters. The Labute approximate surface area is 382 Å². The van der Waals surface area contributed by atoms with Gasteiger partial charge in [0.25, 0.3) is 15.7 Å². The van der Waals surface area contributed by atoms with Crippen LogP contribution in [0, 0.1) is 10.1 Å². The van der Waals surface area contributed by atoms with Crippen LogP contribution in [-0.4, -0.2) is 104 Å². The molecule has 0 amide bonds. The molecule has 0 saturated carbocycles. The van der Waals surface area contributed by atoms with Crippen LogP contribution in [-0.2, 0) is 21.4 Å². The van der Waals surface area contributed by atoms with Crippen molar-refractivity contribution in [2.24, 2.45) is 5.16 Å². The van der Waals surface area contributed by atoms with E-state index in [4.69, 9.17) is 16.4 Å². The third-order valence-electron chi connectivity index (χ3n) is 11.6. The number of nitro benzene ring substituents is 1. The molecule has 64 heavy (non-hydrogen) atoms. The molecule has 2 aliphatic rings. The Kier molecular flexibility index (Phi) is 14.6. The first-order valence-corrected chi connectivity index (χ1v) is 24.1. The minimum Gasteiger partial charge on any atom is -0.399 e. The Balaban J connectivity index is 0.933. The van der Waals surface area contributed by atoms with Gasteiger partial charge in [0.15, 0.2) is 5.82 Å². The van der Waals surface area contributed by atoms with Gasteiger partial charge in [-0.3, -0.25) is 19.7 Å². The number of thioether (sulfide) groups is 1. The van der Waals surface area contributed by atoms with Crippen molar-refractivity contribution in [1.82, 2.24) is 19.8 Å². The number of piperidine rings is 1. The van der Waals surface area contributed by atoms with E-state index < -0.39 is 14.9 Å². The van der Waals surface area contributed by atoms with Crippen molar-refractivity contribution in [2.45, 2.75) is 41.6 Å². The van der Waals surface area contributed by atoms with Crippen molar-refractivity contribution in [3.63, 3.8) is 0 Å². The number of benzene rings is 5. The van der Waals surface area contributed by atoms with E-state index in [1.807, 2.05) is 72.8 Å². The second-order valence-electron chi connectivity index (χ2n) is 15.8. The average molecular weight is 921 g/mol. The maximum atomic E-state index is 13.9. The highest BCUT2D eigenvalue weighted by molar-refractivity contribution is 7.99. The minimum absolute atomic E-state index is 0.0818. The maximum absolute atomic E-state index is 13.9. The van der Waals surface area contributed by atoms with Gasteiger partial charge in [-0.15, -0.1) is 11.8 Å². The number of fused-ring (bicyclic) bond motifs is 1. The number of nitrogens with zero attached hydrogens (tertiary/aromatic N) is 7. The van der Waals surface area contributed by atoms with Crippen LogP contribution in [0.1, 0.15) is 24.8 Å². The lowest BCUT2D eigenvalue weighted by Crippen LogP contribution is -2.46. The van der Waals surface area contributed by atoms with Crippen LogP contribution < -0.4 is 14.9 Å². The molecule has 332 valence electrons. The first-order valence-electron chi connectivity index (χ1n) is 21.2. The Hall–Kier alpha value is -5.78. The molecule has 0 aliphatic carbocycles. The zero-order chi connectivity index (χ0) is 44.5. The molecule has 2 N–H and O–H groups in total. The van der Waals surface area contributed by atoms with Crippen molar-refractivity contribution in [1.29, 1.82) is 0 Å². The number of nitro groups is 1. The third kappa shape index (κ3) is 11.3. The molecule has 0 radical (unpaired) electrons. The molecule has 1 atom stereocenters. The number of hydrogen-bond donors (Lipinski definition) is 2. The van der Waals surface area contributed by atoms with E-state index in [2.05, 4.69) is 64.1 Å². The molecular weight excluding hydrogens is 870 g/mol. The number of rotatable bonds is 17. The Morgan fingerprint density at radius 2 is 1.62 bits per heavy atom. The Morgan fingerprint density at radius 3 is 2.36 bits per heavy atom. The van der Waals surface area contributed by atoms with Crippen molar-refractivity contribution >= 4 is 72.9 Å². The monoisotopic (exact) mass is 919 g/mol. The van der Waals surface area contributed by atoms with Gasteiger partial charge in [-0.1, -0.05) is 71.4 Å². The van der Waals surface area contributed by atoms with E-state index in [-0.39, 0.29) is 28.1 Å². The van der Waals surface area contributed by atoms with E-state index in [9.17, 15) is 18.5 Å². The molecule has 2 saturated heterocycles. The standard InChI is InChI=1S/C47H50ClN9O5S2/c1-62-52-37-18-21-54(22-19-37)23-20-38(32-63-40-10-6-3-7-11-40)51-44-17-14-41(30-46(44)57(58)59)64(60,61)53-47-43-16-13-39(29-45(43)49-33-50-47)56-26-24-55(25-27-56)31-35-28-36(48)12-15-42(35)34-8-4-2-5-9-34/h2-17,28-30,33,38,51H,18-27,31-32H2,1H3,(H,49,50,53). The number of halogens is 1. The summed E-state index contributed by atoms with van der Waals surface area (Å²) >= 11 is 8.10. The molecular formula is C47H50ClN9O5S2. The normalized spacial score (nSPS) is 15.5. The predicted octanol–water partition coefficient (Wildman–Crippen LogP) is 9.04. The highest BCUT2D eigenvalue weighted by Crippen LogP contribution is 2.33. The number of piperazine rings is 1. The van der Waals surface area contributed by atoms with E-state index in [1.54, 1.807) is 18.9 Å². The lowest BCUT2D eigenvalue weighted by atomic mass is 9.99. The van der Waals surface area contributed by atoms with Gasteiger partial charge in [0.1, 0.15) is 19.1 Å². The summed E-state index contributed by atoms with van der Waals surface area (Å²) in [7, 11) is -2.74. The van der Waals surface area contributed by atoms with Crippen LogP contribution in [0.15, 0.2) is 137 Å². The van der Waals surface area contributed by atoms with Crippen LogP contribution in [0.5, 0.6) is 0 Å². The fourth-order valence-corrected chi connectivity index (χ4v) is 10.4. The quantitative estimate of drug-likeness (QED) is 0.0509. The second kappa shape index (κ2) is 20.8. The zero-order valence-corrected chi connectivity index (χ0v) is 37.9. The van der Waals surface area contributed by atoms with Crippen molar-refractivity contribution in [3.8, 4) is 11.1 Å². The van der Waals surface area contributed by atoms with Crippen LogP contribution in [0.3, 0.4) is 0 Å². The molecule has 14 nitrogen and oxygen atoms in total. The molecule has 5 aromatic carbocycles. The number of anilines is 3. The van der Waals surface area contributed by atoms with E-state index in [0.717, 1.165) is 93.1 Å². The fraction of sp³-hybridized carbons (Fsp3) is 0.298. The first-order chi connectivity index (χ1) is 31.1. The summed E-state index contributed by atoms with van der Waals surface area (Å²) < 4.78 is 30.4. The fourth-order valence-electron chi connectivity index (χ4n) is 8.18. The van der Waals surface area contributed by atoms with Gasteiger partial charge in [-0.05, 0) is 77.7 Å². The van der Waals surface area contributed by atoms with E-state index in [1.165, 1.54) is 29.6 Å². The molecule has 2 fully saturated rings. The Morgan fingerprint density at radius 1 is 0.875 bits per heavy atom. The minimum atomic E-state index is -4.30. The number of nitrogens with one attached hydrogen (secondary N) is 2. The molecule has 0 bridgehead atoms. The number of oxime groups is 1. The molecule has 6 aromatic rings. The summed E-state index contributed by atoms with van der Waals surface area (Å²) in [4.78, 5) is 33.6. The summed E-state index contributed by atoms with van der Waals surface area (Å²) in [5.41, 5.74) is 6.00. The lowest BCUT2D eigenvalue weighted by molar-refractivity contribution is -0.384. The number of aromatic nitrogens is 2. The van der Waals surface area contributed by atoms with Gasteiger partial charge in [0, 0.05) is 104 Å².